The zero-order valence-electron chi connectivity index (χ0n) is 17.2. The van der Waals surface area contributed by atoms with Gasteiger partial charge < -0.3 is 15.5 Å². The predicted octanol–water partition coefficient (Wildman–Crippen LogP) is 2.36. The maximum atomic E-state index is 4.42. The average Bonchev–Trinajstić information content (AvgIpc) is 3.12. The molecule has 0 aliphatic carbocycles. The molecule has 2 rings (SSSR count). The fourth-order valence-corrected chi connectivity index (χ4v) is 4.35. The van der Waals surface area contributed by atoms with E-state index in [1.807, 2.05) is 18.4 Å². The lowest BCUT2D eigenvalue weighted by Gasteiger charge is -2.40. The number of nitrogens with one attached hydrogen (secondary N) is 2. The summed E-state index contributed by atoms with van der Waals surface area (Å²) in [5.74, 6) is 2.13. The highest BCUT2D eigenvalue weighted by Gasteiger charge is 2.25. The van der Waals surface area contributed by atoms with Gasteiger partial charge in [0.05, 0.1) is 0 Å². The first-order chi connectivity index (χ1) is 12.5. The third-order valence-electron chi connectivity index (χ3n) is 5.23. The SMILES string of the molecule is CN=C(NCC(C)Cc1cccs1)NCC(C(C)C)N1CCN(C)CC1. The average molecular weight is 380 g/mol. The van der Waals surface area contributed by atoms with E-state index in [1.165, 1.54) is 4.88 Å². The van der Waals surface area contributed by atoms with Crippen LogP contribution in [0.2, 0.25) is 0 Å². The first-order valence-electron chi connectivity index (χ1n) is 9.89. The van der Waals surface area contributed by atoms with Gasteiger partial charge in [0.1, 0.15) is 0 Å². The summed E-state index contributed by atoms with van der Waals surface area (Å²) in [5, 5.41) is 9.22. The van der Waals surface area contributed by atoms with Gasteiger partial charge in [-0.25, -0.2) is 0 Å². The van der Waals surface area contributed by atoms with Crippen molar-refractivity contribution in [3.05, 3.63) is 22.4 Å². The van der Waals surface area contributed by atoms with Crippen molar-refractivity contribution in [1.82, 2.24) is 20.4 Å². The van der Waals surface area contributed by atoms with Crippen LogP contribution < -0.4 is 10.6 Å². The smallest absolute Gasteiger partial charge is 0.191 e. The highest BCUT2D eigenvalue weighted by atomic mass is 32.1. The van der Waals surface area contributed by atoms with E-state index < -0.39 is 0 Å². The van der Waals surface area contributed by atoms with E-state index in [2.05, 4.69) is 70.8 Å². The third kappa shape index (κ3) is 6.89. The van der Waals surface area contributed by atoms with E-state index in [4.69, 9.17) is 0 Å². The summed E-state index contributed by atoms with van der Waals surface area (Å²) in [6, 6.07) is 4.90. The van der Waals surface area contributed by atoms with Crippen LogP contribution in [0.5, 0.6) is 0 Å². The summed E-state index contributed by atoms with van der Waals surface area (Å²) in [5.41, 5.74) is 0. The molecule has 0 saturated carbocycles. The molecule has 2 unspecified atom stereocenters. The zero-order valence-corrected chi connectivity index (χ0v) is 18.0. The lowest BCUT2D eigenvalue weighted by molar-refractivity contribution is 0.0900. The van der Waals surface area contributed by atoms with Crippen LogP contribution in [0.4, 0.5) is 0 Å². The minimum atomic E-state index is 0.547. The van der Waals surface area contributed by atoms with Crippen LogP contribution in [0.3, 0.4) is 0 Å². The molecule has 5 nitrogen and oxygen atoms in total. The lowest BCUT2D eigenvalue weighted by Crippen LogP contribution is -2.55. The van der Waals surface area contributed by atoms with Crippen LogP contribution >= 0.6 is 11.3 Å². The standard InChI is InChI=1S/C20H37N5S/c1-16(2)19(25-10-8-24(5)9-11-25)15-23-20(21-4)22-14-17(3)13-18-7-6-12-26-18/h6-7,12,16-17,19H,8-11,13-15H2,1-5H3,(H2,21,22,23). The van der Waals surface area contributed by atoms with Gasteiger partial charge >= 0.3 is 0 Å². The number of thiophene rings is 1. The van der Waals surface area contributed by atoms with Gasteiger partial charge in [-0.05, 0) is 36.8 Å². The lowest BCUT2D eigenvalue weighted by atomic mass is 10.0. The van der Waals surface area contributed by atoms with Crippen LogP contribution in [0.1, 0.15) is 25.6 Å². The van der Waals surface area contributed by atoms with Gasteiger partial charge in [-0.2, -0.15) is 0 Å². The number of guanidine groups is 1. The topological polar surface area (TPSA) is 42.9 Å². The number of hydrogen-bond acceptors (Lipinski definition) is 4. The van der Waals surface area contributed by atoms with E-state index in [-0.39, 0.29) is 0 Å². The van der Waals surface area contributed by atoms with E-state index in [0.717, 1.165) is 51.6 Å². The van der Waals surface area contributed by atoms with Crippen LogP contribution in [-0.2, 0) is 6.42 Å². The molecule has 26 heavy (non-hydrogen) atoms. The highest BCUT2D eigenvalue weighted by molar-refractivity contribution is 7.09. The fourth-order valence-electron chi connectivity index (χ4n) is 3.48. The second kappa shape index (κ2) is 10.9. The molecule has 0 bridgehead atoms. The molecule has 1 aliphatic rings. The Morgan fingerprint density at radius 2 is 1.85 bits per heavy atom. The summed E-state index contributed by atoms with van der Waals surface area (Å²) >= 11 is 1.84. The Labute approximate surface area is 163 Å². The van der Waals surface area contributed by atoms with Crippen molar-refractivity contribution in [2.75, 3.05) is 53.4 Å². The summed E-state index contributed by atoms with van der Waals surface area (Å²) in [6.45, 7) is 13.5. The zero-order chi connectivity index (χ0) is 18.9. The molecule has 1 saturated heterocycles. The minimum Gasteiger partial charge on any atom is -0.356 e. The molecule has 0 radical (unpaired) electrons. The van der Waals surface area contributed by atoms with Crippen molar-refractivity contribution >= 4 is 17.3 Å². The Bertz CT molecular complexity index is 520. The van der Waals surface area contributed by atoms with Gasteiger partial charge in [0.2, 0.25) is 0 Å². The summed E-state index contributed by atoms with van der Waals surface area (Å²) < 4.78 is 0. The van der Waals surface area contributed by atoms with Crippen LogP contribution in [0.25, 0.3) is 0 Å². The number of aliphatic imine (C=N–C) groups is 1. The van der Waals surface area contributed by atoms with Crippen LogP contribution in [-0.4, -0.2) is 75.2 Å². The molecule has 0 aromatic carbocycles. The van der Waals surface area contributed by atoms with Crippen molar-refractivity contribution in [3.63, 3.8) is 0 Å². The Kier molecular flexibility index (Phi) is 8.88. The number of likely N-dealkylation sites (N-methyl/N-ethyl adjacent to an activating group) is 1. The monoisotopic (exact) mass is 379 g/mol. The van der Waals surface area contributed by atoms with E-state index in [0.29, 0.717) is 17.9 Å². The van der Waals surface area contributed by atoms with Crippen LogP contribution in [0, 0.1) is 11.8 Å². The Morgan fingerprint density at radius 1 is 1.15 bits per heavy atom. The minimum absolute atomic E-state index is 0.547. The maximum absolute atomic E-state index is 4.42. The molecule has 1 aliphatic heterocycles. The van der Waals surface area contributed by atoms with Crippen molar-refractivity contribution in [3.8, 4) is 0 Å². The first-order valence-corrected chi connectivity index (χ1v) is 10.8. The van der Waals surface area contributed by atoms with Gasteiger partial charge in [0.15, 0.2) is 5.96 Å². The normalized spacial score (nSPS) is 19.5. The molecule has 1 fully saturated rings. The molecule has 2 atom stereocenters. The van der Waals surface area contributed by atoms with Crippen molar-refractivity contribution < 1.29 is 0 Å². The second-order valence-electron chi connectivity index (χ2n) is 7.87. The maximum Gasteiger partial charge on any atom is 0.191 e. The summed E-state index contributed by atoms with van der Waals surface area (Å²) in [6.07, 6.45) is 1.12. The highest BCUT2D eigenvalue weighted by Crippen LogP contribution is 2.14. The second-order valence-corrected chi connectivity index (χ2v) is 8.91. The molecule has 148 valence electrons. The molecule has 0 amide bonds. The van der Waals surface area contributed by atoms with Gasteiger partial charge in [-0.1, -0.05) is 26.8 Å². The predicted molar refractivity (Wildman–Crippen MR) is 114 cm³/mol. The van der Waals surface area contributed by atoms with E-state index in [1.54, 1.807) is 0 Å². The Hall–Kier alpha value is -1.11. The van der Waals surface area contributed by atoms with Gasteiger partial charge in [0.25, 0.3) is 0 Å². The molecule has 2 heterocycles. The number of nitrogens with zero attached hydrogens (tertiary/aromatic N) is 3. The summed E-state index contributed by atoms with van der Waals surface area (Å²) in [7, 11) is 4.07. The van der Waals surface area contributed by atoms with E-state index in [9.17, 15) is 0 Å². The first kappa shape index (κ1) is 21.2. The number of piperazine rings is 1. The van der Waals surface area contributed by atoms with Gasteiger partial charge in [0, 0.05) is 57.2 Å². The third-order valence-corrected chi connectivity index (χ3v) is 6.13. The largest absolute Gasteiger partial charge is 0.356 e. The van der Waals surface area contributed by atoms with Crippen molar-refractivity contribution in [2.24, 2.45) is 16.8 Å². The Balaban J connectivity index is 1.76. The van der Waals surface area contributed by atoms with E-state index >= 15 is 0 Å². The molecule has 2 N–H and O–H groups in total. The van der Waals surface area contributed by atoms with Crippen LogP contribution in [0.15, 0.2) is 22.5 Å². The van der Waals surface area contributed by atoms with Gasteiger partial charge in [-0.3, -0.25) is 9.89 Å². The van der Waals surface area contributed by atoms with Crippen molar-refractivity contribution in [2.45, 2.75) is 33.2 Å². The molecule has 6 heteroatoms. The quantitative estimate of drug-likeness (QED) is 0.538. The number of rotatable bonds is 8. The van der Waals surface area contributed by atoms with Crippen molar-refractivity contribution in [1.29, 1.82) is 0 Å². The number of hydrogen-bond donors (Lipinski definition) is 2. The Morgan fingerprint density at radius 3 is 2.42 bits per heavy atom. The molecular formula is C20H37N5S. The molecule has 1 aromatic rings. The molecule has 0 spiro atoms. The molecular weight excluding hydrogens is 342 g/mol. The summed E-state index contributed by atoms with van der Waals surface area (Å²) in [4.78, 5) is 10.9. The molecule has 1 aromatic heterocycles. The van der Waals surface area contributed by atoms with Gasteiger partial charge in [-0.15, -0.1) is 11.3 Å². The fraction of sp³-hybridized carbons (Fsp3) is 0.750.